The van der Waals surface area contributed by atoms with Crippen molar-refractivity contribution >= 4 is 34.3 Å². The Hall–Kier alpha value is -5.37. The number of rotatable bonds is 4. The van der Waals surface area contributed by atoms with Crippen LogP contribution in [-0.2, 0) is 17.8 Å². The number of alkyl halides is 3. The van der Waals surface area contributed by atoms with E-state index >= 15 is 0 Å². The number of benzene rings is 2. The number of fused-ring (bicyclic) bond motifs is 4. The number of aromatic nitrogens is 6. The Morgan fingerprint density at radius 1 is 0.977 bits per heavy atom. The van der Waals surface area contributed by atoms with Crippen LogP contribution in [0.5, 0.6) is 0 Å². The van der Waals surface area contributed by atoms with Crippen molar-refractivity contribution in [1.82, 2.24) is 34.2 Å². The van der Waals surface area contributed by atoms with Crippen molar-refractivity contribution in [3.05, 3.63) is 96.6 Å². The van der Waals surface area contributed by atoms with Crippen molar-refractivity contribution in [1.29, 1.82) is 0 Å². The third-order valence-corrected chi connectivity index (χ3v) is 6.76. The lowest BCUT2D eigenvalue weighted by Gasteiger charge is -2.12. The van der Waals surface area contributed by atoms with Crippen LogP contribution < -0.4 is 10.6 Å². The molecule has 0 saturated carbocycles. The first-order valence-corrected chi connectivity index (χ1v) is 13.0. The zero-order valence-electron chi connectivity index (χ0n) is 22.2. The van der Waals surface area contributed by atoms with E-state index in [9.17, 15) is 17.6 Å². The van der Waals surface area contributed by atoms with Crippen LogP contribution in [0.2, 0.25) is 0 Å². The molecule has 1 aliphatic rings. The lowest BCUT2D eigenvalue weighted by molar-refractivity contribution is -0.192. The number of nitrogens with one attached hydrogen (secondary N) is 2. The number of nitrogens with zero attached hydrogens (tertiary/aromatic N) is 6. The zero-order chi connectivity index (χ0) is 30.1. The van der Waals surface area contributed by atoms with Gasteiger partial charge in [-0.05, 0) is 47.5 Å². The summed E-state index contributed by atoms with van der Waals surface area (Å²) >= 11 is 0. The summed E-state index contributed by atoms with van der Waals surface area (Å²) in [5.41, 5.74) is 7.92. The van der Waals surface area contributed by atoms with Gasteiger partial charge in [-0.25, -0.2) is 24.1 Å². The van der Waals surface area contributed by atoms with Gasteiger partial charge in [0.1, 0.15) is 12.0 Å². The Morgan fingerprint density at radius 3 is 2.49 bits per heavy atom. The van der Waals surface area contributed by atoms with Gasteiger partial charge in [-0.2, -0.15) is 18.2 Å². The monoisotopic (exact) mass is 590 g/mol. The van der Waals surface area contributed by atoms with Gasteiger partial charge in [0, 0.05) is 37.1 Å². The molecule has 43 heavy (non-hydrogen) atoms. The maximum Gasteiger partial charge on any atom is 0.490 e. The predicted molar refractivity (Wildman–Crippen MR) is 150 cm³/mol. The summed E-state index contributed by atoms with van der Waals surface area (Å²) in [4.78, 5) is 26.5. The van der Waals surface area contributed by atoms with E-state index in [1.165, 1.54) is 11.9 Å². The summed E-state index contributed by atoms with van der Waals surface area (Å²) in [6.45, 7) is 1.78. The summed E-state index contributed by atoms with van der Waals surface area (Å²) in [6.07, 6.45) is 0.779. The summed E-state index contributed by atoms with van der Waals surface area (Å²) in [5, 5.41) is 13.7. The second-order valence-electron chi connectivity index (χ2n) is 9.55. The van der Waals surface area contributed by atoms with Crippen molar-refractivity contribution in [3.8, 4) is 16.9 Å². The van der Waals surface area contributed by atoms with Crippen LogP contribution in [0.4, 0.5) is 29.2 Å². The normalized spacial score (nSPS) is 12.9. The van der Waals surface area contributed by atoms with Crippen molar-refractivity contribution in [2.45, 2.75) is 19.1 Å². The summed E-state index contributed by atoms with van der Waals surface area (Å²) < 4.78 is 50.2. The molecule has 0 atom stereocenters. The van der Waals surface area contributed by atoms with Gasteiger partial charge in [0.25, 0.3) is 0 Å². The Kier molecular flexibility index (Phi) is 7.19. The van der Waals surface area contributed by atoms with E-state index in [1.54, 1.807) is 10.9 Å². The fraction of sp³-hybridized carbons (Fsp3) is 0.138. The number of anilines is 2. The molecular weight excluding hydrogens is 568 g/mol. The molecule has 0 saturated heterocycles. The molecule has 0 aliphatic carbocycles. The number of hydrogen-bond donors (Lipinski definition) is 3. The highest BCUT2D eigenvalue weighted by atomic mass is 19.4. The maximum atomic E-state index is 14.6. The molecule has 5 heterocycles. The molecule has 4 aromatic heterocycles. The highest BCUT2D eigenvalue weighted by molar-refractivity contribution is 5.77. The molecule has 3 N–H and O–H groups in total. The minimum Gasteiger partial charge on any atom is -0.475 e. The molecule has 14 heteroatoms. The molecule has 2 aromatic carbocycles. The highest BCUT2D eigenvalue weighted by Gasteiger charge is 2.38. The smallest absolute Gasteiger partial charge is 0.475 e. The van der Waals surface area contributed by atoms with E-state index in [0.29, 0.717) is 5.95 Å². The Bertz CT molecular complexity index is 1950. The van der Waals surface area contributed by atoms with Gasteiger partial charge in [-0.15, -0.1) is 0 Å². The molecule has 0 radical (unpaired) electrons. The summed E-state index contributed by atoms with van der Waals surface area (Å²) in [7, 11) is 0. The second kappa shape index (κ2) is 11.1. The van der Waals surface area contributed by atoms with Gasteiger partial charge >= 0.3 is 12.1 Å². The molecule has 6 aromatic rings. The first-order chi connectivity index (χ1) is 20.7. The standard InChI is InChI=1S/C27H21FN8.C2HF3O2/c28-20-13-30-27(34-26(20)36-16-31-21-3-1-2-4-23(21)36)32-19-8-5-17(6-9-19)18-7-10-25-33-22-14-29-12-11-24(22)35(25)15-18;3-2(4,5)1(6)7/h1-10,13,15-16,29H,11-12,14H2,(H,30,32,34);(H,6,7). The van der Waals surface area contributed by atoms with Gasteiger partial charge in [0.05, 0.1) is 22.9 Å². The quantitative estimate of drug-likeness (QED) is 0.237. The molecule has 0 amide bonds. The maximum absolute atomic E-state index is 14.6. The molecule has 0 spiro atoms. The molecule has 1 aliphatic heterocycles. The van der Waals surface area contributed by atoms with Crippen LogP contribution >= 0.6 is 0 Å². The van der Waals surface area contributed by atoms with E-state index in [0.717, 1.165) is 58.7 Å². The Balaban J connectivity index is 0.000000423. The average Bonchev–Trinajstić information content (AvgIpc) is 3.60. The van der Waals surface area contributed by atoms with E-state index in [-0.39, 0.29) is 5.82 Å². The summed E-state index contributed by atoms with van der Waals surface area (Å²) in [6, 6.07) is 19.7. The number of carboxylic acids is 1. The Morgan fingerprint density at radius 2 is 1.72 bits per heavy atom. The third-order valence-electron chi connectivity index (χ3n) is 6.76. The van der Waals surface area contributed by atoms with Gasteiger partial charge < -0.3 is 20.1 Å². The van der Waals surface area contributed by atoms with Gasteiger partial charge in [0.2, 0.25) is 5.95 Å². The van der Waals surface area contributed by atoms with Crippen LogP contribution in [-0.4, -0.2) is 52.7 Å². The lowest BCUT2D eigenvalue weighted by Crippen LogP contribution is -2.24. The molecular formula is C29H22F4N8O2. The zero-order valence-corrected chi connectivity index (χ0v) is 22.2. The lowest BCUT2D eigenvalue weighted by atomic mass is 10.1. The number of imidazole rings is 2. The number of halogens is 4. The number of hydrogen-bond acceptors (Lipinski definition) is 7. The first-order valence-electron chi connectivity index (χ1n) is 13.0. The van der Waals surface area contributed by atoms with Crippen molar-refractivity contribution in [3.63, 3.8) is 0 Å². The number of aliphatic carboxylic acids is 1. The second-order valence-corrected chi connectivity index (χ2v) is 9.55. The first kappa shape index (κ1) is 27.8. The van der Waals surface area contributed by atoms with Crippen molar-refractivity contribution < 1.29 is 27.5 Å². The minimum atomic E-state index is -5.08. The van der Waals surface area contributed by atoms with Crippen LogP contribution in [0.15, 0.2) is 79.4 Å². The van der Waals surface area contributed by atoms with Gasteiger partial charge in [-0.3, -0.25) is 4.57 Å². The SMILES string of the molecule is Fc1cnc(Nc2ccc(-c3ccc4nc5c(n4c3)CCNC5)cc2)nc1-n1cnc2ccccc21.O=C(O)C(F)(F)F. The average molecular weight is 591 g/mol. The van der Waals surface area contributed by atoms with E-state index in [1.807, 2.05) is 48.5 Å². The number of carbonyl (C=O) groups is 1. The fourth-order valence-electron chi connectivity index (χ4n) is 4.72. The minimum absolute atomic E-state index is 0.144. The van der Waals surface area contributed by atoms with Crippen molar-refractivity contribution in [2.24, 2.45) is 0 Å². The van der Waals surface area contributed by atoms with Crippen LogP contribution in [0.1, 0.15) is 11.4 Å². The van der Waals surface area contributed by atoms with E-state index in [4.69, 9.17) is 14.9 Å². The van der Waals surface area contributed by atoms with Crippen LogP contribution in [0.3, 0.4) is 0 Å². The van der Waals surface area contributed by atoms with E-state index < -0.39 is 18.0 Å². The number of pyridine rings is 1. The van der Waals surface area contributed by atoms with Gasteiger partial charge in [-0.1, -0.05) is 24.3 Å². The summed E-state index contributed by atoms with van der Waals surface area (Å²) in [5.74, 6) is -2.83. The molecule has 0 bridgehead atoms. The molecule has 10 nitrogen and oxygen atoms in total. The largest absolute Gasteiger partial charge is 0.490 e. The highest BCUT2D eigenvalue weighted by Crippen LogP contribution is 2.26. The number of para-hydroxylation sites is 2. The van der Waals surface area contributed by atoms with Gasteiger partial charge in [0.15, 0.2) is 11.6 Å². The molecule has 0 unspecified atom stereocenters. The predicted octanol–water partition coefficient (Wildman–Crippen LogP) is 5.29. The van der Waals surface area contributed by atoms with Crippen molar-refractivity contribution in [2.75, 3.05) is 11.9 Å². The molecule has 7 rings (SSSR count). The third kappa shape index (κ3) is 5.72. The molecule has 218 valence electrons. The molecule has 0 fully saturated rings. The number of carboxylic acid groups (broad SMARTS) is 1. The van der Waals surface area contributed by atoms with E-state index in [2.05, 4.69) is 48.3 Å². The van der Waals surface area contributed by atoms with Crippen LogP contribution in [0.25, 0.3) is 33.6 Å². The van der Waals surface area contributed by atoms with Crippen LogP contribution in [0, 0.1) is 5.82 Å². The topological polar surface area (TPSA) is 122 Å². The Labute approximate surface area is 240 Å². The fourth-order valence-corrected chi connectivity index (χ4v) is 4.72.